The van der Waals surface area contributed by atoms with Crippen LogP contribution in [0.15, 0.2) is 46.0 Å². The lowest BCUT2D eigenvalue weighted by atomic mass is 10.1. The van der Waals surface area contributed by atoms with Crippen LogP contribution in [-0.4, -0.2) is 40.6 Å². The van der Waals surface area contributed by atoms with E-state index in [1.165, 1.54) is 31.4 Å². The van der Waals surface area contributed by atoms with Gasteiger partial charge in [-0.25, -0.2) is 23.5 Å². The number of benzene rings is 1. The van der Waals surface area contributed by atoms with Crippen molar-refractivity contribution in [2.75, 3.05) is 14.2 Å². The number of carbonyl (C=O) groups is 1. The summed E-state index contributed by atoms with van der Waals surface area (Å²) < 4.78 is 69.5. The first-order valence-corrected chi connectivity index (χ1v) is 9.91. The summed E-state index contributed by atoms with van der Waals surface area (Å²) in [5, 5.41) is -0.286. The normalized spacial score (nSPS) is 12.3. The van der Waals surface area contributed by atoms with Gasteiger partial charge < -0.3 is 14.2 Å². The van der Waals surface area contributed by atoms with Gasteiger partial charge in [0, 0.05) is 25.8 Å². The number of rotatable bonds is 6. The molecule has 0 fully saturated rings. The summed E-state index contributed by atoms with van der Waals surface area (Å²) in [4.78, 5) is 40.8. The maximum Gasteiger partial charge on any atom is 0.431 e. The fourth-order valence-corrected chi connectivity index (χ4v) is 3.30. The van der Waals surface area contributed by atoms with E-state index in [1.54, 1.807) is 0 Å². The summed E-state index contributed by atoms with van der Waals surface area (Å²) >= 11 is 6.15. The van der Waals surface area contributed by atoms with Gasteiger partial charge in [0.1, 0.15) is 11.4 Å². The average molecular weight is 518 g/mol. The molecule has 0 aliphatic carbocycles. The van der Waals surface area contributed by atoms with Crippen LogP contribution in [0, 0.1) is 5.82 Å². The molecule has 0 bridgehead atoms. The summed E-state index contributed by atoms with van der Waals surface area (Å²) in [5.74, 6) is -3.04. The number of ether oxygens (including phenoxy) is 3. The van der Waals surface area contributed by atoms with Crippen molar-refractivity contribution in [3.63, 3.8) is 0 Å². The van der Waals surface area contributed by atoms with E-state index in [4.69, 9.17) is 21.1 Å². The first-order valence-electron chi connectivity index (χ1n) is 9.54. The van der Waals surface area contributed by atoms with Gasteiger partial charge in [-0.3, -0.25) is 9.36 Å². The minimum Gasteiger partial charge on any atom is -0.464 e. The number of hydrogen-bond acceptors (Lipinski definition) is 7. The van der Waals surface area contributed by atoms with Gasteiger partial charge in [0.15, 0.2) is 11.6 Å². The first-order chi connectivity index (χ1) is 16.4. The molecule has 35 heavy (non-hydrogen) atoms. The topological polar surface area (TPSA) is 102 Å². The zero-order valence-corrected chi connectivity index (χ0v) is 19.0. The van der Waals surface area contributed by atoms with Crippen LogP contribution in [0.1, 0.15) is 5.69 Å². The van der Waals surface area contributed by atoms with Gasteiger partial charge in [-0.1, -0.05) is 23.7 Å². The lowest BCUT2D eigenvalue weighted by molar-refractivity contribution is -0.170. The number of methoxy groups -OCH3 is 2. The quantitative estimate of drug-likeness (QED) is 0.281. The Morgan fingerprint density at radius 3 is 2.40 bits per heavy atom. The van der Waals surface area contributed by atoms with Gasteiger partial charge in [-0.2, -0.15) is 13.2 Å². The van der Waals surface area contributed by atoms with E-state index in [-0.39, 0.29) is 37.2 Å². The second-order valence-corrected chi connectivity index (χ2v) is 7.28. The second-order valence-electron chi connectivity index (χ2n) is 6.87. The standard InChI is InChI=1S/C21H16ClF4N3O6/c1-28-14(21(24,25)26)9-15(30)29(20(28)32)17-12(23)8-11(22)16(27-17)10-6-4-5-7-13(10)35-19(34-3)18(31)33-2/h4-9,19H,1-3H3. The van der Waals surface area contributed by atoms with Crippen LogP contribution in [0.5, 0.6) is 5.75 Å². The highest BCUT2D eigenvalue weighted by molar-refractivity contribution is 6.33. The molecule has 1 aromatic carbocycles. The zero-order chi connectivity index (χ0) is 26.1. The Balaban J connectivity index is 2.23. The average Bonchev–Trinajstić information content (AvgIpc) is 2.80. The first kappa shape index (κ1) is 25.9. The van der Waals surface area contributed by atoms with E-state index in [9.17, 15) is 31.9 Å². The van der Waals surface area contributed by atoms with Crippen LogP contribution in [0.4, 0.5) is 17.6 Å². The molecule has 1 atom stereocenters. The van der Waals surface area contributed by atoms with Gasteiger partial charge in [-0.05, 0) is 18.2 Å². The molecule has 0 amide bonds. The largest absolute Gasteiger partial charge is 0.464 e. The number of halogens is 5. The highest BCUT2D eigenvalue weighted by Crippen LogP contribution is 2.35. The van der Waals surface area contributed by atoms with Crippen molar-refractivity contribution in [1.29, 1.82) is 0 Å². The second kappa shape index (κ2) is 9.88. The number of esters is 1. The maximum atomic E-state index is 14.8. The molecule has 0 aliphatic rings. The van der Waals surface area contributed by atoms with Crippen molar-refractivity contribution >= 4 is 17.6 Å². The number of para-hydroxylation sites is 1. The minimum absolute atomic E-state index is 0.0237. The molecule has 2 aromatic heterocycles. The number of pyridine rings is 1. The number of hydrogen-bond donors (Lipinski definition) is 0. The monoisotopic (exact) mass is 517 g/mol. The van der Waals surface area contributed by atoms with E-state index in [1.807, 2.05) is 0 Å². The van der Waals surface area contributed by atoms with Crippen LogP contribution in [-0.2, 0) is 27.5 Å². The fourth-order valence-electron chi connectivity index (χ4n) is 3.06. The van der Waals surface area contributed by atoms with Gasteiger partial charge in [0.2, 0.25) is 0 Å². The Hall–Kier alpha value is -3.71. The van der Waals surface area contributed by atoms with E-state index < -0.39 is 47.0 Å². The van der Waals surface area contributed by atoms with Gasteiger partial charge in [-0.15, -0.1) is 0 Å². The third kappa shape index (κ3) is 5.05. The highest BCUT2D eigenvalue weighted by atomic mass is 35.5. The van der Waals surface area contributed by atoms with Crippen molar-refractivity contribution in [2.24, 2.45) is 7.05 Å². The Kier molecular flexibility index (Phi) is 7.31. The number of carbonyl (C=O) groups excluding carboxylic acids is 1. The molecule has 2 heterocycles. The van der Waals surface area contributed by atoms with E-state index >= 15 is 0 Å². The molecule has 0 saturated carbocycles. The third-order valence-corrected chi connectivity index (χ3v) is 5.01. The molecular formula is C21H16ClF4N3O6. The van der Waals surface area contributed by atoms with Crippen molar-refractivity contribution in [2.45, 2.75) is 12.5 Å². The van der Waals surface area contributed by atoms with E-state index in [0.29, 0.717) is 0 Å². The van der Waals surface area contributed by atoms with Crippen LogP contribution in [0.25, 0.3) is 17.1 Å². The van der Waals surface area contributed by atoms with Crippen molar-refractivity contribution < 1.29 is 36.6 Å². The Bertz CT molecular complexity index is 1400. The van der Waals surface area contributed by atoms with E-state index in [0.717, 1.165) is 20.2 Å². The molecule has 186 valence electrons. The van der Waals surface area contributed by atoms with Gasteiger partial charge in [0.05, 0.1) is 17.8 Å². The summed E-state index contributed by atoms with van der Waals surface area (Å²) in [7, 11) is 3.06. The molecular weight excluding hydrogens is 502 g/mol. The molecule has 9 nitrogen and oxygen atoms in total. The predicted molar refractivity (Wildman–Crippen MR) is 114 cm³/mol. The number of nitrogens with zero attached hydrogens (tertiary/aromatic N) is 3. The molecule has 0 spiro atoms. The lowest BCUT2D eigenvalue weighted by Gasteiger charge is -2.18. The molecule has 0 radical (unpaired) electrons. The van der Waals surface area contributed by atoms with Crippen LogP contribution >= 0.6 is 11.6 Å². The van der Waals surface area contributed by atoms with Crippen LogP contribution in [0.3, 0.4) is 0 Å². The molecule has 0 N–H and O–H groups in total. The fraction of sp³-hybridized carbons (Fsp3) is 0.238. The molecule has 3 rings (SSSR count). The predicted octanol–water partition coefficient (Wildman–Crippen LogP) is 2.93. The summed E-state index contributed by atoms with van der Waals surface area (Å²) in [6.45, 7) is 0. The molecule has 0 aliphatic heterocycles. The Labute approximate surface area is 199 Å². The van der Waals surface area contributed by atoms with Crippen molar-refractivity contribution in [3.05, 3.63) is 73.8 Å². The highest BCUT2D eigenvalue weighted by Gasteiger charge is 2.35. The zero-order valence-electron chi connectivity index (χ0n) is 18.2. The third-order valence-electron chi connectivity index (χ3n) is 4.72. The van der Waals surface area contributed by atoms with Crippen LogP contribution < -0.4 is 16.0 Å². The summed E-state index contributed by atoms with van der Waals surface area (Å²) in [6.07, 6.45) is -6.50. The molecule has 0 saturated heterocycles. The van der Waals surface area contributed by atoms with E-state index in [2.05, 4.69) is 9.72 Å². The Morgan fingerprint density at radius 2 is 1.80 bits per heavy atom. The Morgan fingerprint density at radius 1 is 1.14 bits per heavy atom. The smallest absolute Gasteiger partial charge is 0.431 e. The maximum absolute atomic E-state index is 14.8. The lowest BCUT2D eigenvalue weighted by Crippen LogP contribution is -2.41. The van der Waals surface area contributed by atoms with Gasteiger partial charge >= 0.3 is 17.8 Å². The van der Waals surface area contributed by atoms with Crippen molar-refractivity contribution in [1.82, 2.24) is 14.1 Å². The molecule has 3 aromatic rings. The molecule has 14 heteroatoms. The van der Waals surface area contributed by atoms with Crippen LogP contribution in [0.2, 0.25) is 5.02 Å². The SMILES string of the molecule is COC(=O)C(OC)Oc1ccccc1-c1nc(-n2c(=O)cc(C(F)(F)F)n(C)c2=O)c(F)cc1Cl. The van der Waals surface area contributed by atoms with Gasteiger partial charge in [0.25, 0.3) is 11.8 Å². The minimum atomic E-state index is -5.00. The number of alkyl halides is 3. The summed E-state index contributed by atoms with van der Waals surface area (Å²) in [5.41, 5.74) is -4.59. The molecule has 1 unspecified atom stereocenters. The van der Waals surface area contributed by atoms with Crippen molar-refractivity contribution in [3.8, 4) is 22.8 Å². The number of aromatic nitrogens is 3. The summed E-state index contributed by atoms with van der Waals surface area (Å²) in [6, 6.07) is 6.74.